The minimum Gasteiger partial charge on any atom is -0.508 e. The summed E-state index contributed by atoms with van der Waals surface area (Å²) in [6, 6.07) is 10.2. The zero-order valence-electron chi connectivity index (χ0n) is 11.1. The first-order chi connectivity index (χ1) is 9.86. The second-order valence-electron chi connectivity index (χ2n) is 4.27. The number of aromatic hydroxyl groups is 1. The van der Waals surface area contributed by atoms with Crippen LogP contribution in [-0.2, 0) is 10.0 Å². The van der Waals surface area contributed by atoms with Crippen molar-refractivity contribution in [2.45, 2.75) is 11.8 Å². The SMILES string of the molecule is CCN(c1cccc(O)c1)S(=O)(=O)c1ccc(Cl)c(Cl)c1. The number of phenolic OH excluding ortho intramolecular Hbond substituents is 1. The Labute approximate surface area is 133 Å². The third kappa shape index (κ3) is 3.26. The summed E-state index contributed by atoms with van der Waals surface area (Å²) in [4.78, 5) is 0.0436. The number of benzene rings is 2. The quantitative estimate of drug-likeness (QED) is 0.913. The van der Waals surface area contributed by atoms with E-state index in [-0.39, 0.29) is 27.2 Å². The first-order valence-electron chi connectivity index (χ1n) is 6.13. The van der Waals surface area contributed by atoms with Crippen LogP contribution in [0.15, 0.2) is 47.4 Å². The van der Waals surface area contributed by atoms with Crippen LogP contribution in [-0.4, -0.2) is 20.1 Å². The first kappa shape index (κ1) is 15.9. The Kier molecular flexibility index (Phi) is 4.66. The van der Waals surface area contributed by atoms with E-state index < -0.39 is 10.0 Å². The fraction of sp³-hybridized carbons (Fsp3) is 0.143. The number of rotatable bonds is 4. The lowest BCUT2D eigenvalue weighted by molar-refractivity contribution is 0.475. The molecule has 0 aliphatic heterocycles. The highest BCUT2D eigenvalue weighted by Gasteiger charge is 2.24. The van der Waals surface area contributed by atoms with E-state index in [1.54, 1.807) is 19.1 Å². The van der Waals surface area contributed by atoms with E-state index in [0.29, 0.717) is 5.69 Å². The Morgan fingerprint density at radius 2 is 1.81 bits per heavy atom. The summed E-state index contributed by atoms with van der Waals surface area (Å²) in [7, 11) is -3.78. The molecule has 0 bridgehead atoms. The summed E-state index contributed by atoms with van der Waals surface area (Å²) in [5.74, 6) is -0.00436. The zero-order chi connectivity index (χ0) is 15.6. The fourth-order valence-electron chi connectivity index (χ4n) is 1.90. The summed E-state index contributed by atoms with van der Waals surface area (Å²) in [6.07, 6.45) is 0. The van der Waals surface area contributed by atoms with E-state index in [0.717, 1.165) is 0 Å². The fourth-order valence-corrected chi connectivity index (χ4v) is 3.76. The Morgan fingerprint density at radius 1 is 1.10 bits per heavy atom. The van der Waals surface area contributed by atoms with Crippen LogP contribution in [0.4, 0.5) is 5.69 Å². The van der Waals surface area contributed by atoms with Crippen molar-refractivity contribution in [3.63, 3.8) is 0 Å². The molecule has 0 fully saturated rings. The van der Waals surface area contributed by atoms with Crippen molar-refractivity contribution < 1.29 is 13.5 Å². The molecule has 7 heteroatoms. The lowest BCUT2D eigenvalue weighted by atomic mass is 10.3. The molecule has 0 spiro atoms. The van der Waals surface area contributed by atoms with Crippen LogP contribution in [0.3, 0.4) is 0 Å². The third-order valence-corrected chi connectivity index (χ3v) is 5.52. The highest BCUT2D eigenvalue weighted by atomic mass is 35.5. The van der Waals surface area contributed by atoms with Gasteiger partial charge in [-0.2, -0.15) is 0 Å². The van der Waals surface area contributed by atoms with Crippen molar-refractivity contribution in [3.8, 4) is 5.75 Å². The predicted molar refractivity (Wildman–Crippen MR) is 84.8 cm³/mol. The van der Waals surface area contributed by atoms with Crippen molar-refractivity contribution in [1.82, 2.24) is 0 Å². The van der Waals surface area contributed by atoms with Gasteiger partial charge in [-0.1, -0.05) is 29.3 Å². The Balaban J connectivity index is 2.51. The maximum atomic E-state index is 12.7. The van der Waals surface area contributed by atoms with Crippen molar-refractivity contribution in [2.24, 2.45) is 0 Å². The van der Waals surface area contributed by atoms with Crippen molar-refractivity contribution in [2.75, 3.05) is 10.8 Å². The summed E-state index contributed by atoms with van der Waals surface area (Å²) < 4.78 is 26.5. The van der Waals surface area contributed by atoms with Crippen LogP contribution in [0.1, 0.15) is 6.92 Å². The molecule has 0 radical (unpaired) electrons. The molecule has 0 unspecified atom stereocenters. The van der Waals surface area contributed by atoms with Crippen LogP contribution >= 0.6 is 23.2 Å². The van der Waals surface area contributed by atoms with E-state index >= 15 is 0 Å². The standard InChI is InChI=1S/C14H13Cl2NO3S/c1-2-17(10-4-3-5-11(18)8-10)21(19,20)12-6-7-13(15)14(16)9-12/h3-9,18H,2H2,1H3. The van der Waals surface area contributed by atoms with Gasteiger partial charge in [-0.15, -0.1) is 0 Å². The van der Waals surface area contributed by atoms with Crippen molar-refractivity contribution >= 4 is 38.9 Å². The molecule has 0 aliphatic rings. The molecule has 112 valence electrons. The van der Waals surface area contributed by atoms with E-state index in [1.807, 2.05) is 0 Å². The average molecular weight is 346 g/mol. The number of nitrogens with zero attached hydrogens (tertiary/aromatic N) is 1. The van der Waals surface area contributed by atoms with Crippen LogP contribution < -0.4 is 4.31 Å². The molecule has 2 aromatic carbocycles. The van der Waals surface area contributed by atoms with Crippen molar-refractivity contribution in [1.29, 1.82) is 0 Å². The first-order valence-corrected chi connectivity index (χ1v) is 8.32. The highest BCUT2D eigenvalue weighted by Crippen LogP contribution is 2.30. The number of anilines is 1. The molecule has 21 heavy (non-hydrogen) atoms. The zero-order valence-corrected chi connectivity index (χ0v) is 13.5. The van der Waals surface area contributed by atoms with Gasteiger partial charge >= 0.3 is 0 Å². The topological polar surface area (TPSA) is 57.6 Å². The predicted octanol–water partition coefficient (Wildman–Crippen LogP) is 3.91. The molecule has 0 aliphatic carbocycles. The van der Waals surface area contributed by atoms with Gasteiger partial charge in [0.2, 0.25) is 0 Å². The van der Waals surface area contributed by atoms with Gasteiger partial charge in [-0.05, 0) is 37.3 Å². The average Bonchev–Trinajstić information content (AvgIpc) is 2.42. The number of phenols is 1. The molecule has 0 atom stereocenters. The molecule has 0 heterocycles. The third-order valence-electron chi connectivity index (χ3n) is 2.88. The van der Waals surface area contributed by atoms with Gasteiger partial charge < -0.3 is 5.11 Å². The molecule has 0 saturated carbocycles. The van der Waals surface area contributed by atoms with Gasteiger partial charge in [0.1, 0.15) is 5.75 Å². The lowest BCUT2D eigenvalue weighted by Gasteiger charge is -2.23. The van der Waals surface area contributed by atoms with Gasteiger partial charge in [0.05, 0.1) is 20.6 Å². The van der Waals surface area contributed by atoms with Crippen LogP contribution in [0.25, 0.3) is 0 Å². The molecule has 4 nitrogen and oxygen atoms in total. The largest absolute Gasteiger partial charge is 0.508 e. The Bertz CT molecular complexity index is 763. The monoisotopic (exact) mass is 345 g/mol. The maximum absolute atomic E-state index is 12.7. The molecule has 2 aromatic rings. The highest BCUT2D eigenvalue weighted by molar-refractivity contribution is 7.92. The van der Waals surface area contributed by atoms with E-state index in [1.165, 1.54) is 34.6 Å². The Hall–Kier alpha value is -1.43. The minimum atomic E-state index is -3.78. The normalized spacial score (nSPS) is 11.4. The van der Waals surface area contributed by atoms with Crippen LogP contribution in [0.5, 0.6) is 5.75 Å². The summed E-state index contributed by atoms with van der Waals surface area (Å²) in [5.41, 5.74) is 0.378. The van der Waals surface area contributed by atoms with Gasteiger partial charge in [0.25, 0.3) is 10.0 Å². The number of hydrogen-bond donors (Lipinski definition) is 1. The van der Waals surface area contributed by atoms with Crippen LogP contribution in [0, 0.1) is 0 Å². The van der Waals surface area contributed by atoms with Crippen molar-refractivity contribution in [3.05, 3.63) is 52.5 Å². The van der Waals surface area contributed by atoms with Gasteiger partial charge in [0.15, 0.2) is 0 Å². The van der Waals surface area contributed by atoms with E-state index in [2.05, 4.69) is 0 Å². The second kappa shape index (κ2) is 6.13. The molecule has 0 saturated heterocycles. The van der Waals surface area contributed by atoms with Gasteiger partial charge in [-0.3, -0.25) is 4.31 Å². The number of halogens is 2. The molecule has 1 N–H and O–H groups in total. The molecule has 0 amide bonds. The molecular weight excluding hydrogens is 333 g/mol. The maximum Gasteiger partial charge on any atom is 0.264 e. The van der Waals surface area contributed by atoms with E-state index in [9.17, 15) is 13.5 Å². The second-order valence-corrected chi connectivity index (χ2v) is 6.94. The summed E-state index contributed by atoms with van der Waals surface area (Å²) in [6.45, 7) is 1.92. The van der Waals surface area contributed by atoms with Gasteiger partial charge in [-0.25, -0.2) is 8.42 Å². The smallest absolute Gasteiger partial charge is 0.264 e. The summed E-state index contributed by atoms with van der Waals surface area (Å²) >= 11 is 11.7. The van der Waals surface area contributed by atoms with Gasteiger partial charge in [0, 0.05) is 12.6 Å². The van der Waals surface area contributed by atoms with Crippen LogP contribution in [0.2, 0.25) is 10.0 Å². The molecule has 2 rings (SSSR count). The number of sulfonamides is 1. The molecular formula is C14H13Cl2NO3S. The lowest BCUT2D eigenvalue weighted by Crippen LogP contribution is -2.30. The minimum absolute atomic E-state index is 0.00436. The van der Waals surface area contributed by atoms with E-state index in [4.69, 9.17) is 23.2 Å². The number of hydrogen-bond acceptors (Lipinski definition) is 3. The Morgan fingerprint density at radius 3 is 2.38 bits per heavy atom. The molecule has 0 aromatic heterocycles. The summed E-state index contributed by atoms with van der Waals surface area (Å²) in [5, 5.41) is 9.97.